The Hall–Kier alpha value is -8.46. The minimum absolute atomic E-state index is 0.174. The van der Waals surface area contributed by atoms with Crippen molar-refractivity contribution in [1.29, 1.82) is 0 Å². The molecule has 0 spiro atoms. The zero-order valence-corrected chi connectivity index (χ0v) is 43.2. The molecule has 11 aromatic carbocycles. The van der Waals surface area contributed by atoms with Crippen LogP contribution in [-0.4, -0.2) is 0 Å². The van der Waals surface area contributed by atoms with Crippen molar-refractivity contribution < 1.29 is 0 Å². The van der Waals surface area contributed by atoms with Crippen LogP contribution >= 0.6 is 0 Å². The third-order valence-corrected chi connectivity index (χ3v) is 15.9. The second-order valence-corrected chi connectivity index (χ2v) is 20.8. The Morgan fingerprint density at radius 2 is 0.521 bits per heavy atom. The van der Waals surface area contributed by atoms with Gasteiger partial charge < -0.3 is 9.80 Å². The maximum absolute atomic E-state index is 2.55. The summed E-state index contributed by atoms with van der Waals surface area (Å²) in [5.74, 6) is 0. The SMILES string of the molecule is Cc1ccccc1-c1ccc(N(c2ccc(-c3ccccc3C)c(C)c2)c2c3ccccc3c(N(c3ccc(-c4ccccc4C)c(C)c3)c3ccc4c(c3)C(C)(C)c3ccccc3-4)c3ccccc23)cc1C. The highest BCUT2D eigenvalue weighted by Crippen LogP contribution is 2.55. The Balaban J connectivity index is 1.13. The Morgan fingerprint density at radius 1 is 0.247 bits per heavy atom. The van der Waals surface area contributed by atoms with Gasteiger partial charge in [-0.15, -0.1) is 0 Å². The van der Waals surface area contributed by atoms with E-state index in [1.807, 2.05) is 0 Å². The zero-order chi connectivity index (χ0) is 50.1. The van der Waals surface area contributed by atoms with E-state index in [1.54, 1.807) is 0 Å². The molecule has 0 fully saturated rings. The second kappa shape index (κ2) is 18.0. The highest BCUT2D eigenvalue weighted by atomic mass is 15.2. The number of nitrogens with zero attached hydrogens (tertiary/aromatic N) is 2. The van der Waals surface area contributed by atoms with Gasteiger partial charge >= 0.3 is 0 Å². The van der Waals surface area contributed by atoms with E-state index in [0.717, 1.165) is 34.1 Å². The fourth-order valence-electron chi connectivity index (χ4n) is 12.1. The highest BCUT2D eigenvalue weighted by molar-refractivity contribution is 6.23. The van der Waals surface area contributed by atoms with Crippen molar-refractivity contribution in [2.45, 2.75) is 60.8 Å². The zero-order valence-electron chi connectivity index (χ0n) is 43.2. The largest absolute Gasteiger partial charge is 0.309 e. The molecule has 0 unspecified atom stereocenters. The molecule has 0 aromatic heterocycles. The van der Waals surface area contributed by atoms with Gasteiger partial charge in [-0.05, 0) is 179 Å². The lowest BCUT2D eigenvalue weighted by molar-refractivity contribution is 0.660. The normalized spacial score (nSPS) is 12.5. The van der Waals surface area contributed by atoms with E-state index in [-0.39, 0.29) is 5.41 Å². The van der Waals surface area contributed by atoms with Crippen molar-refractivity contribution in [3.8, 4) is 44.5 Å². The van der Waals surface area contributed by atoms with Gasteiger partial charge in [0.15, 0.2) is 0 Å². The number of aryl methyl sites for hydroxylation is 6. The van der Waals surface area contributed by atoms with E-state index < -0.39 is 0 Å². The van der Waals surface area contributed by atoms with Gasteiger partial charge in [-0.2, -0.15) is 0 Å². The topological polar surface area (TPSA) is 6.48 Å². The molecule has 1 aliphatic carbocycles. The molecule has 2 nitrogen and oxygen atoms in total. The number of fused-ring (bicyclic) bond motifs is 5. The first-order chi connectivity index (χ1) is 35.5. The summed E-state index contributed by atoms with van der Waals surface area (Å²) in [6, 6.07) is 81.7. The Labute approximate surface area is 431 Å². The number of rotatable bonds is 9. The predicted octanol–water partition coefficient (Wildman–Crippen LogP) is 20.1. The van der Waals surface area contributed by atoms with Crippen LogP contribution in [0.4, 0.5) is 34.1 Å². The molecule has 0 bridgehead atoms. The summed E-state index contributed by atoms with van der Waals surface area (Å²) < 4.78 is 0. The maximum atomic E-state index is 2.55. The van der Waals surface area contributed by atoms with Gasteiger partial charge in [0.05, 0.1) is 11.4 Å². The van der Waals surface area contributed by atoms with Crippen LogP contribution in [0.15, 0.2) is 218 Å². The van der Waals surface area contributed by atoms with Gasteiger partial charge in [0, 0.05) is 49.7 Å². The summed E-state index contributed by atoms with van der Waals surface area (Å²) >= 11 is 0. The van der Waals surface area contributed by atoms with Gasteiger partial charge in [-0.3, -0.25) is 0 Å². The van der Waals surface area contributed by atoms with Crippen LogP contribution in [0.5, 0.6) is 0 Å². The lowest BCUT2D eigenvalue weighted by atomic mass is 9.82. The van der Waals surface area contributed by atoms with Gasteiger partial charge in [0.25, 0.3) is 0 Å². The van der Waals surface area contributed by atoms with Crippen LogP contribution in [0.3, 0.4) is 0 Å². The van der Waals surface area contributed by atoms with E-state index in [4.69, 9.17) is 0 Å². The monoisotopic (exact) mass is 940 g/mol. The quantitative estimate of drug-likeness (QED) is 0.105. The van der Waals surface area contributed by atoms with Gasteiger partial charge in [-0.25, -0.2) is 0 Å². The summed E-state index contributed by atoms with van der Waals surface area (Å²) in [6.07, 6.45) is 0. The van der Waals surface area contributed by atoms with Crippen LogP contribution < -0.4 is 9.80 Å². The molecule has 0 N–H and O–H groups in total. The third kappa shape index (κ3) is 7.63. The molecule has 0 aliphatic heterocycles. The van der Waals surface area contributed by atoms with Crippen molar-refractivity contribution in [3.05, 3.63) is 263 Å². The molecule has 0 atom stereocenters. The van der Waals surface area contributed by atoms with Crippen LogP contribution in [0.2, 0.25) is 0 Å². The molecule has 0 amide bonds. The van der Waals surface area contributed by atoms with E-state index in [2.05, 4.69) is 284 Å². The summed E-state index contributed by atoms with van der Waals surface area (Å²) in [5.41, 5.74) is 27.0. The van der Waals surface area contributed by atoms with Gasteiger partial charge in [0.1, 0.15) is 0 Å². The highest BCUT2D eigenvalue weighted by Gasteiger charge is 2.36. The van der Waals surface area contributed by atoms with Crippen LogP contribution in [-0.2, 0) is 5.41 Å². The smallest absolute Gasteiger partial charge is 0.0619 e. The fraction of sp³-hybridized carbons (Fsp3) is 0.127. The molecule has 12 rings (SSSR count). The summed E-state index contributed by atoms with van der Waals surface area (Å²) in [4.78, 5) is 5.08. The standard InChI is InChI=1S/C71H60N2/c1-45-21-9-12-24-55(45)58-37-33-51(41-48(58)4)72(52-34-38-59(49(5)42-52)56-25-13-10-22-46(56)2)69-63-28-15-17-30-65(63)70(66-31-18-16-29-64(66)69)73(53-35-39-60(50(6)43-53)57-26-14-11-23-47(57)3)54-36-40-62-61-27-19-20-32-67(61)71(7,8)68(62)44-54/h9-44H,1-8H3. The summed E-state index contributed by atoms with van der Waals surface area (Å²) in [5, 5.41) is 4.69. The molecule has 0 saturated carbocycles. The predicted molar refractivity (Wildman–Crippen MR) is 313 cm³/mol. The number of hydrogen-bond acceptors (Lipinski definition) is 2. The van der Waals surface area contributed by atoms with E-state index in [9.17, 15) is 0 Å². The first-order valence-electron chi connectivity index (χ1n) is 25.8. The second-order valence-electron chi connectivity index (χ2n) is 20.8. The molecule has 2 heteroatoms. The summed E-state index contributed by atoms with van der Waals surface area (Å²) in [7, 11) is 0. The Bertz CT molecular complexity index is 3830. The van der Waals surface area contributed by atoms with Crippen molar-refractivity contribution >= 4 is 55.7 Å². The van der Waals surface area contributed by atoms with E-state index >= 15 is 0 Å². The lowest BCUT2D eigenvalue weighted by Gasteiger charge is -2.34. The first kappa shape index (κ1) is 45.7. The molecular weight excluding hydrogens is 881 g/mol. The Morgan fingerprint density at radius 3 is 0.877 bits per heavy atom. The molecule has 11 aromatic rings. The molecule has 354 valence electrons. The number of benzene rings is 11. The van der Waals surface area contributed by atoms with Crippen molar-refractivity contribution in [3.63, 3.8) is 0 Å². The molecule has 73 heavy (non-hydrogen) atoms. The molecule has 0 saturated heterocycles. The minimum Gasteiger partial charge on any atom is -0.309 e. The third-order valence-electron chi connectivity index (χ3n) is 15.9. The fourth-order valence-corrected chi connectivity index (χ4v) is 12.1. The molecule has 0 heterocycles. The number of hydrogen-bond donors (Lipinski definition) is 0. The van der Waals surface area contributed by atoms with Crippen LogP contribution in [0, 0.1) is 41.5 Å². The van der Waals surface area contributed by atoms with Crippen molar-refractivity contribution in [2.75, 3.05) is 9.80 Å². The first-order valence-corrected chi connectivity index (χ1v) is 25.8. The van der Waals surface area contributed by atoms with Crippen LogP contribution in [0.25, 0.3) is 66.1 Å². The average molecular weight is 941 g/mol. The number of anilines is 6. The van der Waals surface area contributed by atoms with E-state index in [0.29, 0.717) is 0 Å². The molecular formula is C71H60N2. The average Bonchev–Trinajstić information content (AvgIpc) is 3.63. The Kier molecular flexibility index (Phi) is 11.3. The van der Waals surface area contributed by atoms with Crippen molar-refractivity contribution in [1.82, 2.24) is 0 Å². The van der Waals surface area contributed by atoms with Crippen molar-refractivity contribution in [2.24, 2.45) is 0 Å². The molecule has 0 radical (unpaired) electrons. The lowest BCUT2D eigenvalue weighted by Crippen LogP contribution is -2.17. The van der Waals surface area contributed by atoms with Gasteiger partial charge in [0.2, 0.25) is 0 Å². The van der Waals surface area contributed by atoms with Crippen LogP contribution in [0.1, 0.15) is 58.4 Å². The van der Waals surface area contributed by atoms with E-state index in [1.165, 1.54) is 111 Å². The van der Waals surface area contributed by atoms with Gasteiger partial charge in [-0.1, -0.05) is 184 Å². The summed E-state index contributed by atoms with van der Waals surface area (Å²) in [6.45, 7) is 18.2. The maximum Gasteiger partial charge on any atom is 0.0619 e. The minimum atomic E-state index is -0.174. The molecule has 1 aliphatic rings.